The van der Waals surface area contributed by atoms with Crippen molar-refractivity contribution in [1.82, 2.24) is 0 Å². The van der Waals surface area contributed by atoms with Crippen LogP contribution in [0.4, 0.5) is 0 Å². The van der Waals surface area contributed by atoms with Gasteiger partial charge in [0.05, 0.1) is 0 Å². The summed E-state index contributed by atoms with van der Waals surface area (Å²) in [6.07, 6.45) is 4.86. The lowest BCUT2D eigenvalue weighted by Gasteiger charge is -2.43. The van der Waals surface area contributed by atoms with Gasteiger partial charge in [-0.1, -0.05) is 18.6 Å². The van der Waals surface area contributed by atoms with Gasteiger partial charge in [-0.3, -0.25) is 0 Å². The van der Waals surface area contributed by atoms with Crippen molar-refractivity contribution in [1.29, 1.82) is 0 Å². The molecule has 1 saturated carbocycles. The minimum Gasteiger partial charge on any atom is -0.507 e. The molecule has 1 aromatic carbocycles. The van der Waals surface area contributed by atoms with E-state index < -0.39 is 0 Å². The third-order valence-corrected chi connectivity index (χ3v) is 4.04. The quantitative estimate of drug-likeness (QED) is 0.821. The van der Waals surface area contributed by atoms with Crippen molar-refractivity contribution in [3.63, 3.8) is 0 Å². The Bertz CT molecular complexity index is 371. The van der Waals surface area contributed by atoms with E-state index >= 15 is 0 Å². The maximum atomic E-state index is 9.79. The minimum atomic E-state index is 0.304. The lowest BCUT2D eigenvalue weighted by Crippen LogP contribution is -2.36. The molecule has 0 aromatic heterocycles. The van der Waals surface area contributed by atoms with Gasteiger partial charge in [0.2, 0.25) is 0 Å². The Hall–Kier alpha value is -1.02. The normalized spacial score (nSPS) is 18.2. The predicted octanol–water partition coefficient (Wildman–Crippen LogP) is 2.78. The molecular weight excluding hydrogens is 198 g/mol. The molecule has 0 saturated heterocycles. The van der Waals surface area contributed by atoms with Gasteiger partial charge >= 0.3 is 0 Å². The van der Waals surface area contributed by atoms with Gasteiger partial charge in [-0.25, -0.2) is 0 Å². The number of nitrogens with two attached hydrogens (primary N) is 1. The molecule has 88 valence electrons. The first-order valence-electron chi connectivity index (χ1n) is 6.10. The van der Waals surface area contributed by atoms with Gasteiger partial charge in [0.25, 0.3) is 0 Å². The molecule has 2 rings (SSSR count). The van der Waals surface area contributed by atoms with E-state index in [1.54, 1.807) is 0 Å². The fourth-order valence-electron chi connectivity index (χ4n) is 2.82. The van der Waals surface area contributed by atoms with Gasteiger partial charge in [-0.2, -0.15) is 0 Å². The van der Waals surface area contributed by atoms with E-state index in [-0.39, 0.29) is 0 Å². The monoisotopic (exact) mass is 219 g/mol. The van der Waals surface area contributed by atoms with Gasteiger partial charge in [0.1, 0.15) is 5.75 Å². The molecule has 1 aromatic rings. The number of hydrogen-bond acceptors (Lipinski definition) is 2. The highest BCUT2D eigenvalue weighted by Crippen LogP contribution is 2.47. The molecule has 0 unspecified atom stereocenters. The fraction of sp³-hybridized carbons (Fsp3) is 0.571. The third kappa shape index (κ3) is 1.71. The van der Waals surface area contributed by atoms with Crippen LogP contribution in [0.5, 0.6) is 5.75 Å². The van der Waals surface area contributed by atoms with Crippen LogP contribution in [0.2, 0.25) is 0 Å². The minimum absolute atomic E-state index is 0.304. The fourth-order valence-corrected chi connectivity index (χ4v) is 2.82. The summed E-state index contributed by atoms with van der Waals surface area (Å²) in [6, 6.07) is 4.27. The number of aryl methyl sites for hydroxylation is 2. The van der Waals surface area contributed by atoms with Crippen LogP contribution in [0.15, 0.2) is 12.1 Å². The summed E-state index contributed by atoms with van der Waals surface area (Å²) < 4.78 is 0. The van der Waals surface area contributed by atoms with Crippen molar-refractivity contribution >= 4 is 0 Å². The summed E-state index contributed by atoms with van der Waals surface area (Å²) in [6.45, 7) is 4.69. The van der Waals surface area contributed by atoms with Crippen LogP contribution in [-0.2, 0) is 5.41 Å². The molecule has 1 aliphatic rings. The number of phenols is 1. The summed E-state index contributed by atoms with van der Waals surface area (Å²) in [4.78, 5) is 0. The van der Waals surface area contributed by atoms with E-state index in [2.05, 4.69) is 12.1 Å². The first kappa shape index (κ1) is 11.5. The zero-order valence-electron chi connectivity index (χ0n) is 10.2. The molecule has 0 aliphatic heterocycles. The van der Waals surface area contributed by atoms with Gasteiger partial charge in [0.15, 0.2) is 0 Å². The molecule has 2 nitrogen and oxygen atoms in total. The third-order valence-electron chi connectivity index (χ3n) is 4.04. The molecule has 0 amide bonds. The molecule has 0 heterocycles. The molecule has 1 fully saturated rings. The average Bonchev–Trinajstić information content (AvgIpc) is 2.19. The molecule has 16 heavy (non-hydrogen) atoms. The Balaban J connectivity index is 2.39. The van der Waals surface area contributed by atoms with E-state index in [0.29, 0.717) is 11.2 Å². The summed E-state index contributed by atoms with van der Waals surface area (Å²) in [5.41, 5.74) is 9.36. The molecule has 0 atom stereocenters. The van der Waals surface area contributed by atoms with Gasteiger partial charge < -0.3 is 10.8 Å². The van der Waals surface area contributed by atoms with E-state index in [1.165, 1.54) is 24.8 Å². The van der Waals surface area contributed by atoms with Crippen LogP contribution in [0.3, 0.4) is 0 Å². The molecule has 3 N–H and O–H groups in total. The van der Waals surface area contributed by atoms with Gasteiger partial charge in [0, 0.05) is 0 Å². The Kier molecular flexibility index (Phi) is 2.94. The van der Waals surface area contributed by atoms with Crippen LogP contribution >= 0.6 is 0 Å². The topological polar surface area (TPSA) is 46.2 Å². The summed E-state index contributed by atoms with van der Waals surface area (Å²) in [5.74, 6) is 0.436. The molecule has 0 spiro atoms. The molecule has 2 heteroatoms. The maximum Gasteiger partial charge on any atom is 0.121 e. The standard InChI is InChI=1S/C14H21NO/c1-10-8-12(9-11(2)13(10)16)14(6-7-15)4-3-5-14/h8-9,16H,3-7,15H2,1-2H3. The molecule has 0 bridgehead atoms. The highest BCUT2D eigenvalue weighted by atomic mass is 16.3. The van der Waals surface area contributed by atoms with Crippen LogP contribution in [0.1, 0.15) is 42.4 Å². The Labute approximate surface area is 97.5 Å². The van der Waals surface area contributed by atoms with Crippen LogP contribution in [0.25, 0.3) is 0 Å². The smallest absolute Gasteiger partial charge is 0.121 e. The first-order valence-corrected chi connectivity index (χ1v) is 6.10. The van der Waals surface area contributed by atoms with E-state index in [1.807, 2.05) is 13.8 Å². The van der Waals surface area contributed by atoms with Crippen molar-refractivity contribution in [3.8, 4) is 5.75 Å². The van der Waals surface area contributed by atoms with Crippen LogP contribution in [0, 0.1) is 13.8 Å². The average molecular weight is 219 g/mol. The number of benzene rings is 1. The van der Waals surface area contributed by atoms with Crippen LogP contribution in [-0.4, -0.2) is 11.7 Å². The lowest BCUT2D eigenvalue weighted by molar-refractivity contribution is 0.229. The Morgan fingerprint density at radius 2 is 1.81 bits per heavy atom. The Morgan fingerprint density at radius 1 is 1.25 bits per heavy atom. The van der Waals surface area contributed by atoms with E-state index in [4.69, 9.17) is 5.73 Å². The zero-order chi connectivity index (χ0) is 11.8. The van der Waals surface area contributed by atoms with Crippen molar-refractivity contribution in [2.45, 2.75) is 44.9 Å². The SMILES string of the molecule is Cc1cc(C2(CCN)CCC2)cc(C)c1O. The largest absolute Gasteiger partial charge is 0.507 e. The highest BCUT2D eigenvalue weighted by Gasteiger charge is 2.38. The maximum absolute atomic E-state index is 9.79. The second-order valence-corrected chi connectivity index (χ2v) is 5.13. The van der Waals surface area contributed by atoms with Crippen molar-refractivity contribution in [2.75, 3.05) is 6.54 Å². The van der Waals surface area contributed by atoms with Crippen molar-refractivity contribution < 1.29 is 5.11 Å². The molecule has 0 radical (unpaired) electrons. The summed E-state index contributed by atoms with van der Waals surface area (Å²) >= 11 is 0. The van der Waals surface area contributed by atoms with E-state index in [9.17, 15) is 5.11 Å². The van der Waals surface area contributed by atoms with Gasteiger partial charge in [-0.05, 0) is 61.8 Å². The predicted molar refractivity (Wildman–Crippen MR) is 66.8 cm³/mol. The van der Waals surface area contributed by atoms with Crippen molar-refractivity contribution in [3.05, 3.63) is 28.8 Å². The lowest BCUT2D eigenvalue weighted by atomic mass is 9.62. The Morgan fingerprint density at radius 3 is 2.19 bits per heavy atom. The summed E-state index contributed by atoms with van der Waals surface area (Å²) in [5, 5.41) is 9.79. The van der Waals surface area contributed by atoms with Crippen LogP contribution < -0.4 is 5.73 Å². The number of aromatic hydroxyl groups is 1. The number of hydrogen-bond donors (Lipinski definition) is 2. The second kappa shape index (κ2) is 4.10. The molecular formula is C14H21NO. The number of rotatable bonds is 3. The summed E-state index contributed by atoms with van der Waals surface area (Å²) in [7, 11) is 0. The van der Waals surface area contributed by atoms with Gasteiger partial charge in [-0.15, -0.1) is 0 Å². The van der Waals surface area contributed by atoms with Crippen molar-refractivity contribution in [2.24, 2.45) is 5.73 Å². The molecule has 1 aliphatic carbocycles. The highest BCUT2D eigenvalue weighted by molar-refractivity contribution is 5.45. The first-order chi connectivity index (χ1) is 7.59. The zero-order valence-corrected chi connectivity index (χ0v) is 10.2. The van der Waals surface area contributed by atoms with E-state index in [0.717, 1.165) is 24.1 Å². The number of phenolic OH excluding ortho intramolecular Hbond substituents is 1. The second-order valence-electron chi connectivity index (χ2n) is 5.13.